The van der Waals surface area contributed by atoms with Crippen molar-refractivity contribution in [1.82, 2.24) is 14.9 Å². The zero-order chi connectivity index (χ0) is 12.5. The lowest BCUT2D eigenvalue weighted by molar-refractivity contribution is 0.314. The standard InChI is InChI=1S/C11H21N5O/c1-10(11(12)15-17)8-13-4-2-3-6-16-7-5-14-9-16/h5,7,9-10,13,17H,2-4,6,8H2,1H3,(H2,12,15). The highest BCUT2D eigenvalue weighted by atomic mass is 16.4. The number of aromatic nitrogens is 2. The highest BCUT2D eigenvalue weighted by Crippen LogP contribution is 1.95. The van der Waals surface area contributed by atoms with Crippen LogP contribution in [0.15, 0.2) is 23.9 Å². The molecule has 4 N–H and O–H groups in total. The van der Waals surface area contributed by atoms with Crippen molar-refractivity contribution in [2.75, 3.05) is 13.1 Å². The van der Waals surface area contributed by atoms with Gasteiger partial charge in [-0.05, 0) is 19.4 Å². The number of nitrogens with two attached hydrogens (primary N) is 1. The smallest absolute Gasteiger partial charge is 0.143 e. The molecule has 1 aromatic rings. The van der Waals surface area contributed by atoms with E-state index in [1.165, 1.54) is 0 Å². The number of aryl methyl sites for hydroxylation is 1. The number of amidine groups is 1. The van der Waals surface area contributed by atoms with Crippen LogP contribution in [-0.4, -0.2) is 33.7 Å². The lowest BCUT2D eigenvalue weighted by Crippen LogP contribution is -2.31. The van der Waals surface area contributed by atoms with Gasteiger partial charge in [0.05, 0.1) is 6.33 Å². The van der Waals surface area contributed by atoms with E-state index < -0.39 is 0 Å². The Morgan fingerprint density at radius 2 is 2.41 bits per heavy atom. The topological polar surface area (TPSA) is 88.5 Å². The van der Waals surface area contributed by atoms with Crippen LogP contribution >= 0.6 is 0 Å². The summed E-state index contributed by atoms with van der Waals surface area (Å²) in [5, 5.41) is 14.7. The summed E-state index contributed by atoms with van der Waals surface area (Å²) in [5.41, 5.74) is 5.47. The Hall–Kier alpha value is -1.56. The van der Waals surface area contributed by atoms with E-state index in [9.17, 15) is 0 Å². The first-order valence-electron chi connectivity index (χ1n) is 5.88. The molecule has 6 heteroatoms. The van der Waals surface area contributed by atoms with E-state index in [-0.39, 0.29) is 11.8 Å². The molecule has 0 bridgehead atoms. The van der Waals surface area contributed by atoms with Gasteiger partial charge in [0.15, 0.2) is 0 Å². The summed E-state index contributed by atoms with van der Waals surface area (Å²) in [6.07, 6.45) is 7.79. The Morgan fingerprint density at radius 1 is 1.59 bits per heavy atom. The SMILES string of the molecule is CC(CNCCCCn1ccnc1)C(N)=NO. The highest BCUT2D eigenvalue weighted by Gasteiger charge is 2.05. The third-order valence-corrected chi connectivity index (χ3v) is 2.65. The van der Waals surface area contributed by atoms with Gasteiger partial charge in [-0.15, -0.1) is 0 Å². The van der Waals surface area contributed by atoms with Gasteiger partial charge in [-0.25, -0.2) is 4.98 Å². The minimum Gasteiger partial charge on any atom is -0.409 e. The van der Waals surface area contributed by atoms with Crippen molar-refractivity contribution in [3.05, 3.63) is 18.7 Å². The first-order chi connectivity index (χ1) is 8.24. The Morgan fingerprint density at radius 3 is 3.06 bits per heavy atom. The number of oxime groups is 1. The molecule has 6 nitrogen and oxygen atoms in total. The Bertz CT molecular complexity index is 323. The fraction of sp³-hybridized carbons (Fsp3) is 0.636. The molecule has 17 heavy (non-hydrogen) atoms. The summed E-state index contributed by atoms with van der Waals surface area (Å²) in [6, 6.07) is 0. The Labute approximate surface area is 102 Å². The molecule has 0 saturated heterocycles. The van der Waals surface area contributed by atoms with Crippen LogP contribution in [0, 0.1) is 5.92 Å². The maximum Gasteiger partial charge on any atom is 0.143 e. The fourth-order valence-corrected chi connectivity index (χ4v) is 1.49. The molecule has 1 heterocycles. The molecule has 0 radical (unpaired) electrons. The van der Waals surface area contributed by atoms with E-state index >= 15 is 0 Å². The highest BCUT2D eigenvalue weighted by molar-refractivity contribution is 5.82. The van der Waals surface area contributed by atoms with Gasteiger partial charge >= 0.3 is 0 Å². The number of hydrogen-bond acceptors (Lipinski definition) is 4. The van der Waals surface area contributed by atoms with Crippen molar-refractivity contribution >= 4 is 5.84 Å². The molecule has 0 saturated carbocycles. The van der Waals surface area contributed by atoms with E-state index in [0.717, 1.165) is 32.5 Å². The predicted molar refractivity (Wildman–Crippen MR) is 66.9 cm³/mol. The molecule has 1 aromatic heterocycles. The first-order valence-corrected chi connectivity index (χ1v) is 5.88. The summed E-state index contributed by atoms with van der Waals surface area (Å²) in [7, 11) is 0. The van der Waals surface area contributed by atoms with Crippen molar-refractivity contribution in [2.24, 2.45) is 16.8 Å². The fourth-order valence-electron chi connectivity index (χ4n) is 1.49. The van der Waals surface area contributed by atoms with Crippen molar-refractivity contribution in [3.8, 4) is 0 Å². The van der Waals surface area contributed by atoms with Crippen LogP contribution in [0.25, 0.3) is 0 Å². The second-order valence-corrected chi connectivity index (χ2v) is 4.14. The quantitative estimate of drug-likeness (QED) is 0.204. The second-order valence-electron chi connectivity index (χ2n) is 4.14. The van der Waals surface area contributed by atoms with Crippen LogP contribution in [0.3, 0.4) is 0 Å². The number of nitrogens with zero attached hydrogens (tertiary/aromatic N) is 3. The minimum absolute atomic E-state index is 0.0636. The normalized spacial score (nSPS) is 13.8. The number of hydrogen-bond donors (Lipinski definition) is 3. The molecular weight excluding hydrogens is 218 g/mol. The summed E-state index contributed by atoms with van der Waals surface area (Å²) < 4.78 is 2.07. The lowest BCUT2D eigenvalue weighted by atomic mass is 10.1. The van der Waals surface area contributed by atoms with Gasteiger partial charge in [0.25, 0.3) is 0 Å². The zero-order valence-corrected chi connectivity index (χ0v) is 10.2. The molecule has 96 valence electrons. The number of imidazole rings is 1. The molecule has 1 unspecified atom stereocenters. The average molecular weight is 239 g/mol. The van der Waals surface area contributed by atoms with E-state index in [4.69, 9.17) is 10.9 Å². The van der Waals surface area contributed by atoms with Crippen molar-refractivity contribution < 1.29 is 5.21 Å². The summed E-state index contributed by atoms with van der Waals surface area (Å²) in [6.45, 7) is 4.60. The lowest BCUT2D eigenvalue weighted by Gasteiger charge is -2.10. The van der Waals surface area contributed by atoms with Crippen LogP contribution in [0.2, 0.25) is 0 Å². The van der Waals surface area contributed by atoms with Gasteiger partial charge in [-0.1, -0.05) is 12.1 Å². The summed E-state index contributed by atoms with van der Waals surface area (Å²) in [5.74, 6) is 0.338. The van der Waals surface area contributed by atoms with E-state index in [0.29, 0.717) is 0 Å². The minimum atomic E-state index is 0.0636. The molecule has 0 aliphatic rings. The largest absolute Gasteiger partial charge is 0.409 e. The second kappa shape index (κ2) is 7.67. The van der Waals surface area contributed by atoms with E-state index in [1.807, 2.05) is 19.4 Å². The van der Waals surface area contributed by atoms with E-state index in [1.54, 1.807) is 6.20 Å². The molecule has 0 amide bonds. The van der Waals surface area contributed by atoms with Crippen molar-refractivity contribution in [1.29, 1.82) is 0 Å². The van der Waals surface area contributed by atoms with Crippen LogP contribution in [0.1, 0.15) is 19.8 Å². The summed E-state index contributed by atoms with van der Waals surface area (Å²) in [4.78, 5) is 3.99. The molecule has 0 fully saturated rings. The molecule has 0 aromatic carbocycles. The van der Waals surface area contributed by atoms with Gasteiger partial charge < -0.3 is 20.8 Å². The van der Waals surface area contributed by atoms with Gasteiger partial charge in [0, 0.05) is 31.4 Å². The number of nitrogens with one attached hydrogen (secondary N) is 1. The number of rotatable bonds is 8. The van der Waals surface area contributed by atoms with Crippen LogP contribution in [0.5, 0.6) is 0 Å². The van der Waals surface area contributed by atoms with Crippen molar-refractivity contribution in [3.63, 3.8) is 0 Å². The average Bonchev–Trinajstić information content (AvgIpc) is 2.85. The van der Waals surface area contributed by atoms with Gasteiger partial charge in [-0.3, -0.25) is 0 Å². The van der Waals surface area contributed by atoms with Gasteiger partial charge in [0.1, 0.15) is 5.84 Å². The van der Waals surface area contributed by atoms with Gasteiger partial charge in [0.2, 0.25) is 0 Å². The van der Waals surface area contributed by atoms with E-state index in [2.05, 4.69) is 20.0 Å². The molecule has 1 rings (SSSR count). The summed E-state index contributed by atoms with van der Waals surface area (Å²) >= 11 is 0. The Balaban J connectivity index is 1.98. The first kappa shape index (κ1) is 13.5. The third kappa shape index (κ3) is 5.35. The third-order valence-electron chi connectivity index (χ3n) is 2.65. The molecule has 1 atom stereocenters. The Kier molecular flexibility index (Phi) is 6.09. The molecule has 0 spiro atoms. The van der Waals surface area contributed by atoms with Gasteiger partial charge in [-0.2, -0.15) is 0 Å². The van der Waals surface area contributed by atoms with Crippen LogP contribution < -0.4 is 11.1 Å². The molecular formula is C11H21N5O. The molecule has 0 aliphatic carbocycles. The molecule has 0 aliphatic heterocycles. The van der Waals surface area contributed by atoms with Crippen LogP contribution in [-0.2, 0) is 6.54 Å². The zero-order valence-electron chi connectivity index (χ0n) is 10.2. The maximum atomic E-state index is 8.48. The van der Waals surface area contributed by atoms with Crippen molar-refractivity contribution in [2.45, 2.75) is 26.3 Å². The van der Waals surface area contributed by atoms with Crippen LogP contribution in [0.4, 0.5) is 0 Å². The predicted octanol–water partition coefficient (Wildman–Crippen LogP) is 0.635. The maximum absolute atomic E-state index is 8.48. The monoisotopic (exact) mass is 239 g/mol. The number of unbranched alkanes of at least 4 members (excludes halogenated alkanes) is 1.